The van der Waals surface area contributed by atoms with E-state index in [1.54, 1.807) is 18.2 Å². The number of benzene rings is 1. The molecule has 2 aliphatic rings. The number of methoxy groups -OCH3 is 1. The van der Waals surface area contributed by atoms with E-state index in [0.717, 1.165) is 4.90 Å². The maximum atomic E-state index is 14.8. The number of carbonyl (C=O) groups excluding carboxylic acids is 2. The molecule has 11 heteroatoms. The smallest absolute Gasteiger partial charge is 0.332 e. The highest BCUT2D eigenvalue weighted by Crippen LogP contribution is 2.47. The van der Waals surface area contributed by atoms with Crippen LogP contribution in [0.5, 0.6) is 5.75 Å². The molecule has 5 rings (SSSR count). The van der Waals surface area contributed by atoms with Crippen LogP contribution < -0.4 is 9.64 Å². The second kappa shape index (κ2) is 9.17. The van der Waals surface area contributed by atoms with Gasteiger partial charge >= 0.3 is 6.03 Å². The number of carbonyl (C=O) groups is 2. The second-order valence-electron chi connectivity index (χ2n) is 7.83. The van der Waals surface area contributed by atoms with Crippen molar-refractivity contribution in [2.75, 3.05) is 18.6 Å². The van der Waals surface area contributed by atoms with Gasteiger partial charge in [-0.15, -0.1) is 11.8 Å². The third kappa shape index (κ3) is 3.87. The van der Waals surface area contributed by atoms with E-state index in [1.165, 1.54) is 54.5 Å². The highest BCUT2D eigenvalue weighted by Gasteiger charge is 2.50. The molecule has 0 saturated carbocycles. The lowest BCUT2D eigenvalue weighted by Crippen LogP contribution is -2.62. The number of hydrogen-bond donors (Lipinski definition) is 0. The lowest BCUT2D eigenvalue weighted by atomic mass is 10.0. The van der Waals surface area contributed by atoms with Crippen molar-refractivity contribution >= 4 is 56.7 Å². The number of fused-ring (bicyclic) bond motifs is 2. The number of aromatic nitrogens is 2. The fraction of sp³-hybridized carbons (Fsp3) is 0.208. The van der Waals surface area contributed by atoms with E-state index in [1.807, 2.05) is 6.07 Å². The third-order valence-corrected chi connectivity index (χ3v) is 7.53. The van der Waals surface area contributed by atoms with Crippen molar-refractivity contribution < 1.29 is 18.7 Å². The first kappa shape index (κ1) is 23.1. The van der Waals surface area contributed by atoms with Gasteiger partial charge in [0, 0.05) is 34.0 Å². The summed E-state index contributed by atoms with van der Waals surface area (Å²) in [5, 5.41) is 9.25. The van der Waals surface area contributed by atoms with Gasteiger partial charge in [0.2, 0.25) is 0 Å². The van der Waals surface area contributed by atoms with Gasteiger partial charge in [-0.3, -0.25) is 9.78 Å². The Labute approximate surface area is 208 Å². The molecule has 176 valence electrons. The Morgan fingerprint density at radius 1 is 1.29 bits per heavy atom. The van der Waals surface area contributed by atoms with E-state index >= 15 is 0 Å². The van der Waals surface area contributed by atoms with Crippen LogP contribution in [0.15, 0.2) is 48.9 Å². The largest absolute Gasteiger partial charge is 0.495 e. The van der Waals surface area contributed by atoms with Crippen molar-refractivity contribution in [2.45, 2.75) is 17.7 Å². The average Bonchev–Trinajstić information content (AvgIpc) is 3.30. The Kier molecular flexibility index (Phi) is 6.05. The van der Waals surface area contributed by atoms with E-state index in [0.29, 0.717) is 21.6 Å². The van der Waals surface area contributed by atoms with Crippen molar-refractivity contribution in [3.05, 3.63) is 65.5 Å². The maximum Gasteiger partial charge on any atom is 0.332 e. The molecule has 8 nitrogen and oxygen atoms in total. The summed E-state index contributed by atoms with van der Waals surface area (Å²) in [6, 6.07) is 6.95. The third-order valence-electron chi connectivity index (χ3n) is 5.88. The summed E-state index contributed by atoms with van der Waals surface area (Å²) in [6.45, 7) is 0.0926. The zero-order valence-corrected chi connectivity index (χ0v) is 19.9. The number of anilines is 1. The van der Waals surface area contributed by atoms with Gasteiger partial charge in [0.25, 0.3) is 5.91 Å². The van der Waals surface area contributed by atoms with Crippen LogP contribution in [-0.2, 0) is 4.79 Å². The van der Waals surface area contributed by atoms with Gasteiger partial charge in [-0.05, 0) is 18.2 Å². The highest BCUT2D eigenvalue weighted by molar-refractivity contribution is 8.09. The number of thioether (sulfide) groups is 1. The lowest BCUT2D eigenvalue weighted by molar-refractivity contribution is -0.119. The van der Waals surface area contributed by atoms with E-state index < -0.39 is 29.0 Å². The van der Waals surface area contributed by atoms with E-state index in [2.05, 4.69) is 9.97 Å². The predicted molar refractivity (Wildman–Crippen MR) is 130 cm³/mol. The molecule has 0 radical (unpaired) electrons. The van der Waals surface area contributed by atoms with Gasteiger partial charge < -0.3 is 9.64 Å². The fourth-order valence-corrected chi connectivity index (χ4v) is 5.87. The van der Waals surface area contributed by atoms with Crippen LogP contribution in [0.1, 0.15) is 12.0 Å². The molecule has 2 aromatic heterocycles. The number of hydrogen-bond acceptors (Lipinski definition) is 7. The Hall–Kier alpha value is -3.68. The zero-order chi connectivity index (χ0) is 24.7. The topological polar surface area (TPSA) is 99.4 Å². The molecule has 0 aliphatic carbocycles. The molecule has 2 atom stereocenters. The summed E-state index contributed by atoms with van der Waals surface area (Å²) in [7, 11) is 1.51. The molecule has 1 aromatic carbocycles. The van der Waals surface area contributed by atoms with Gasteiger partial charge in [0.05, 0.1) is 43.7 Å². The van der Waals surface area contributed by atoms with E-state index in [9.17, 15) is 19.2 Å². The van der Waals surface area contributed by atoms with Crippen LogP contribution in [0.2, 0.25) is 5.15 Å². The van der Waals surface area contributed by atoms with Crippen LogP contribution >= 0.6 is 23.4 Å². The number of imide groups is 1. The van der Waals surface area contributed by atoms with Crippen molar-refractivity contribution in [2.24, 2.45) is 0 Å². The molecule has 35 heavy (non-hydrogen) atoms. The standard InChI is InChI=1S/C24H17ClFN5O3S/c1-34-14-8-15(22(25)29-11-14)19-9-17-21(35-19)23(32)31(24(33)30(17)7-3-6-27)18-12-28-10-13-4-2-5-16(26)20(13)18/h2,4-5,8-12,17,21H,3,7H2,1H3. The van der Waals surface area contributed by atoms with Crippen LogP contribution in [-0.4, -0.2) is 51.8 Å². The van der Waals surface area contributed by atoms with Crippen molar-refractivity contribution in [1.29, 1.82) is 5.26 Å². The monoisotopic (exact) mass is 509 g/mol. The second-order valence-corrected chi connectivity index (χ2v) is 9.37. The van der Waals surface area contributed by atoms with Crippen LogP contribution in [0.25, 0.3) is 15.7 Å². The van der Waals surface area contributed by atoms with E-state index in [4.69, 9.17) is 16.3 Å². The number of amides is 3. The number of rotatable bonds is 5. The molecule has 3 aromatic rings. The zero-order valence-electron chi connectivity index (χ0n) is 18.3. The SMILES string of the molecule is COc1cnc(Cl)c(C2=CC3C(S2)C(=O)N(c2cncc4cccc(F)c24)C(=O)N3CCC#N)c1. The average molecular weight is 510 g/mol. The summed E-state index contributed by atoms with van der Waals surface area (Å²) in [4.78, 5) is 38.7. The Morgan fingerprint density at radius 2 is 2.11 bits per heavy atom. The summed E-state index contributed by atoms with van der Waals surface area (Å²) in [6.07, 6.45) is 6.11. The van der Waals surface area contributed by atoms with Gasteiger partial charge in [-0.25, -0.2) is 19.1 Å². The summed E-state index contributed by atoms with van der Waals surface area (Å²) in [5.74, 6) is -0.587. The normalized spacial score (nSPS) is 19.5. The van der Waals surface area contributed by atoms with Gasteiger partial charge in [-0.1, -0.05) is 23.7 Å². The van der Waals surface area contributed by atoms with Crippen LogP contribution in [0, 0.1) is 17.1 Å². The summed E-state index contributed by atoms with van der Waals surface area (Å²) in [5.41, 5.74) is 0.626. The molecule has 3 amide bonds. The van der Waals surface area contributed by atoms with Crippen LogP contribution in [0.4, 0.5) is 14.9 Å². The molecule has 2 unspecified atom stereocenters. The minimum absolute atomic E-state index is 0.0612. The molecule has 2 aliphatic heterocycles. The predicted octanol–water partition coefficient (Wildman–Crippen LogP) is 4.64. The molecule has 0 spiro atoms. The first-order chi connectivity index (χ1) is 16.9. The quantitative estimate of drug-likeness (QED) is 0.462. The van der Waals surface area contributed by atoms with Crippen molar-refractivity contribution in [3.8, 4) is 11.8 Å². The van der Waals surface area contributed by atoms with Gasteiger partial charge in [0.1, 0.15) is 22.0 Å². The Morgan fingerprint density at radius 3 is 2.89 bits per heavy atom. The lowest BCUT2D eigenvalue weighted by Gasteiger charge is -2.41. The minimum atomic E-state index is -0.731. The molecule has 1 saturated heterocycles. The summed E-state index contributed by atoms with van der Waals surface area (Å²) >= 11 is 7.57. The number of pyridine rings is 2. The molecular formula is C24H17ClFN5O3S. The number of ether oxygens (including phenoxy) is 1. The molecule has 1 fully saturated rings. The molecule has 0 N–H and O–H groups in total. The van der Waals surface area contributed by atoms with E-state index in [-0.39, 0.29) is 29.2 Å². The van der Waals surface area contributed by atoms with Crippen molar-refractivity contribution in [1.82, 2.24) is 14.9 Å². The number of urea groups is 1. The first-order valence-electron chi connectivity index (χ1n) is 10.6. The van der Waals surface area contributed by atoms with Crippen LogP contribution in [0.3, 0.4) is 0 Å². The van der Waals surface area contributed by atoms with Gasteiger partial charge in [-0.2, -0.15) is 5.26 Å². The molecule has 0 bridgehead atoms. The van der Waals surface area contributed by atoms with Crippen molar-refractivity contribution in [3.63, 3.8) is 0 Å². The first-order valence-corrected chi connectivity index (χ1v) is 11.8. The minimum Gasteiger partial charge on any atom is -0.495 e. The Balaban J connectivity index is 1.60. The number of nitriles is 1. The fourth-order valence-electron chi connectivity index (χ4n) is 4.26. The number of nitrogens with zero attached hydrogens (tertiary/aromatic N) is 5. The summed E-state index contributed by atoms with van der Waals surface area (Å²) < 4.78 is 20.1. The van der Waals surface area contributed by atoms with Gasteiger partial charge in [0.15, 0.2) is 0 Å². The maximum absolute atomic E-state index is 14.8. The molecular weight excluding hydrogens is 493 g/mol. The highest BCUT2D eigenvalue weighted by atomic mass is 35.5. The number of halogens is 2. The Bertz CT molecular complexity index is 1440. The molecule has 4 heterocycles.